The summed E-state index contributed by atoms with van der Waals surface area (Å²) in [6.07, 6.45) is 0.757. The van der Waals surface area contributed by atoms with E-state index in [9.17, 15) is 9.59 Å². The number of ether oxygens (including phenoxy) is 2. The Hall–Kier alpha value is -2.80. The normalized spacial score (nSPS) is 19.7. The Labute approximate surface area is 131 Å². The average Bonchev–Trinajstić information content (AvgIpc) is 2.91. The van der Waals surface area contributed by atoms with Crippen molar-refractivity contribution < 1.29 is 19.1 Å². The Kier molecular flexibility index (Phi) is 4.29. The molecule has 1 aromatic heterocycles. The molecule has 1 saturated heterocycles. The van der Waals surface area contributed by atoms with Crippen LogP contribution < -0.4 is 9.64 Å². The Morgan fingerprint density at radius 3 is 3.13 bits per heavy atom. The lowest BCUT2D eigenvalue weighted by molar-refractivity contribution is -0.121. The fraction of sp³-hybridized carbons (Fsp3) is 0.500. The zero-order chi connectivity index (χ0) is 16.2. The van der Waals surface area contributed by atoms with E-state index in [0.29, 0.717) is 43.2 Å². The number of amides is 1. The molecule has 9 heteroatoms. The predicted molar refractivity (Wildman–Crippen MR) is 79.3 cm³/mol. The average molecular weight is 317 g/mol. The van der Waals surface area contributed by atoms with Gasteiger partial charge >= 0.3 is 6.09 Å². The van der Waals surface area contributed by atoms with Crippen LogP contribution in [0, 0.1) is 0 Å². The SMILES string of the molecule is [N-]=[N+]=NCCCC1CN(c2ccc3c(n2)CC(=O)CO3)C(=O)O1. The molecule has 1 unspecified atom stereocenters. The van der Waals surface area contributed by atoms with Crippen LogP contribution in [0.3, 0.4) is 0 Å². The smallest absolute Gasteiger partial charge is 0.415 e. The van der Waals surface area contributed by atoms with Crippen molar-refractivity contribution in [2.45, 2.75) is 25.4 Å². The predicted octanol–water partition coefficient (Wildman–Crippen LogP) is 2.00. The van der Waals surface area contributed by atoms with Gasteiger partial charge in [0, 0.05) is 11.5 Å². The highest BCUT2D eigenvalue weighted by Crippen LogP contribution is 2.27. The number of azide groups is 1. The number of cyclic esters (lactones) is 1. The van der Waals surface area contributed by atoms with Gasteiger partial charge in [-0.2, -0.15) is 0 Å². The van der Waals surface area contributed by atoms with Crippen LogP contribution in [-0.2, 0) is 16.0 Å². The number of Topliss-reactive ketones (excluding diaryl/α,β-unsaturated/α-hetero) is 1. The highest BCUT2D eigenvalue weighted by Gasteiger charge is 2.33. The van der Waals surface area contributed by atoms with E-state index in [-0.39, 0.29) is 24.9 Å². The number of hydrogen-bond donors (Lipinski definition) is 0. The molecule has 0 aromatic carbocycles. The van der Waals surface area contributed by atoms with Crippen molar-refractivity contribution in [3.05, 3.63) is 28.3 Å². The first-order valence-corrected chi connectivity index (χ1v) is 7.31. The van der Waals surface area contributed by atoms with E-state index in [4.69, 9.17) is 15.0 Å². The lowest BCUT2D eigenvalue weighted by Crippen LogP contribution is -2.27. The van der Waals surface area contributed by atoms with E-state index in [1.807, 2.05) is 0 Å². The number of fused-ring (bicyclic) bond motifs is 1. The van der Waals surface area contributed by atoms with Crippen LogP contribution in [-0.4, -0.2) is 42.7 Å². The van der Waals surface area contributed by atoms with Crippen molar-refractivity contribution in [1.29, 1.82) is 0 Å². The van der Waals surface area contributed by atoms with Crippen LogP contribution in [0.1, 0.15) is 18.5 Å². The molecule has 9 nitrogen and oxygen atoms in total. The molecule has 2 aliphatic rings. The minimum atomic E-state index is -0.464. The standard InChI is InChI=1S/C14H15N5O4/c15-18-16-5-1-2-10-7-19(14(21)23-10)13-4-3-12-11(17-13)6-9(20)8-22-12/h3-4,10H,1-2,5-8H2. The lowest BCUT2D eigenvalue weighted by Gasteiger charge is -2.18. The third-order valence-corrected chi connectivity index (χ3v) is 3.67. The van der Waals surface area contributed by atoms with Crippen molar-refractivity contribution in [3.63, 3.8) is 0 Å². The summed E-state index contributed by atoms with van der Waals surface area (Å²) in [6.45, 7) is 0.823. The summed E-state index contributed by atoms with van der Waals surface area (Å²) in [7, 11) is 0. The molecule has 0 aliphatic carbocycles. The molecule has 120 valence electrons. The number of hydrogen-bond acceptors (Lipinski definition) is 6. The maximum Gasteiger partial charge on any atom is 0.415 e. The van der Waals surface area contributed by atoms with Gasteiger partial charge in [-0.1, -0.05) is 5.11 Å². The number of aromatic nitrogens is 1. The molecule has 0 N–H and O–H groups in total. The van der Waals surface area contributed by atoms with Gasteiger partial charge in [-0.25, -0.2) is 9.78 Å². The van der Waals surface area contributed by atoms with Gasteiger partial charge in [0.05, 0.1) is 18.7 Å². The molecule has 3 heterocycles. The van der Waals surface area contributed by atoms with Crippen LogP contribution in [0.25, 0.3) is 10.4 Å². The van der Waals surface area contributed by atoms with E-state index in [0.717, 1.165) is 0 Å². The number of nitrogens with zero attached hydrogens (tertiary/aromatic N) is 5. The monoisotopic (exact) mass is 317 g/mol. The minimum Gasteiger partial charge on any atom is -0.484 e. The second-order valence-electron chi connectivity index (χ2n) is 5.33. The molecule has 1 amide bonds. The van der Waals surface area contributed by atoms with Crippen molar-refractivity contribution in [2.75, 3.05) is 24.6 Å². The molecule has 23 heavy (non-hydrogen) atoms. The van der Waals surface area contributed by atoms with Crippen LogP contribution in [0.15, 0.2) is 17.2 Å². The molecular weight excluding hydrogens is 302 g/mol. The first-order valence-electron chi connectivity index (χ1n) is 7.31. The Morgan fingerprint density at radius 1 is 1.43 bits per heavy atom. The van der Waals surface area contributed by atoms with Crippen molar-refractivity contribution >= 4 is 17.7 Å². The Morgan fingerprint density at radius 2 is 2.30 bits per heavy atom. The summed E-state index contributed by atoms with van der Waals surface area (Å²) in [5, 5.41) is 3.45. The van der Waals surface area contributed by atoms with Crippen LogP contribution in [0.2, 0.25) is 0 Å². The quantitative estimate of drug-likeness (QED) is 0.356. The number of rotatable bonds is 5. The number of carbonyl (C=O) groups is 2. The van der Waals surface area contributed by atoms with Gasteiger partial charge in [0.1, 0.15) is 24.3 Å². The molecule has 0 saturated carbocycles. The number of pyridine rings is 1. The van der Waals surface area contributed by atoms with Crippen molar-refractivity contribution in [2.24, 2.45) is 5.11 Å². The third-order valence-electron chi connectivity index (χ3n) is 3.67. The topological polar surface area (TPSA) is 117 Å². The Balaban J connectivity index is 1.67. The molecule has 1 atom stereocenters. The van der Waals surface area contributed by atoms with Gasteiger partial charge in [0.15, 0.2) is 5.78 Å². The van der Waals surface area contributed by atoms with Crippen molar-refractivity contribution in [1.82, 2.24) is 4.98 Å². The molecule has 0 bridgehead atoms. The molecule has 0 radical (unpaired) electrons. The van der Waals surface area contributed by atoms with Gasteiger partial charge in [-0.15, -0.1) is 0 Å². The summed E-state index contributed by atoms with van der Waals surface area (Å²) in [4.78, 5) is 31.9. The van der Waals surface area contributed by atoms with E-state index in [2.05, 4.69) is 15.0 Å². The molecule has 2 aliphatic heterocycles. The minimum absolute atomic E-state index is 0.0397. The molecule has 0 spiro atoms. The number of carbonyl (C=O) groups excluding carboxylic acids is 2. The fourth-order valence-electron chi connectivity index (χ4n) is 2.57. The number of ketones is 1. The van der Waals surface area contributed by atoms with Gasteiger partial charge in [-0.05, 0) is 30.5 Å². The maximum absolute atomic E-state index is 12.0. The van der Waals surface area contributed by atoms with Crippen LogP contribution >= 0.6 is 0 Å². The summed E-state index contributed by atoms with van der Waals surface area (Å²) >= 11 is 0. The zero-order valence-corrected chi connectivity index (χ0v) is 12.3. The van der Waals surface area contributed by atoms with Gasteiger partial charge in [0.25, 0.3) is 0 Å². The first-order chi connectivity index (χ1) is 11.2. The summed E-state index contributed by atoms with van der Waals surface area (Å²) < 4.78 is 10.6. The summed E-state index contributed by atoms with van der Waals surface area (Å²) in [5.74, 6) is 0.985. The third kappa shape index (κ3) is 3.35. The van der Waals surface area contributed by atoms with E-state index in [1.54, 1.807) is 12.1 Å². The number of anilines is 1. The van der Waals surface area contributed by atoms with E-state index < -0.39 is 6.09 Å². The van der Waals surface area contributed by atoms with Crippen molar-refractivity contribution in [3.8, 4) is 5.75 Å². The Bertz CT molecular complexity index is 686. The largest absolute Gasteiger partial charge is 0.484 e. The fourth-order valence-corrected chi connectivity index (χ4v) is 2.57. The lowest BCUT2D eigenvalue weighted by atomic mass is 10.1. The molecular formula is C14H15N5O4. The molecule has 3 rings (SSSR count). The van der Waals surface area contributed by atoms with Gasteiger partial charge in [0.2, 0.25) is 0 Å². The van der Waals surface area contributed by atoms with E-state index >= 15 is 0 Å². The highest BCUT2D eigenvalue weighted by atomic mass is 16.6. The van der Waals surface area contributed by atoms with Gasteiger partial charge in [-0.3, -0.25) is 9.69 Å². The second kappa shape index (κ2) is 6.53. The van der Waals surface area contributed by atoms with Crippen LogP contribution in [0.4, 0.5) is 10.6 Å². The summed E-state index contributed by atoms with van der Waals surface area (Å²) in [6, 6.07) is 3.39. The first kappa shape index (κ1) is 15.1. The van der Waals surface area contributed by atoms with E-state index in [1.165, 1.54) is 4.90 Å². The molecule has 1 fully saturated rings. The zero-order valence-electron chi connectivity index (χ0n) is 12.3. The maximum atomic E-state index is 12.0. The molecule has 1 aromatic rings. The van der Waals surface area contributed by atoms with Gasteiger partial charge < -0.3 is 9.47 Å². The highest BCUT2D eigenvalue weighted by molar-refractivity contribution is 5.89. The van der Waals surface area contributed by atoms with Crippen LogP contribution in [0.5, 0.6) is 5.75 Å². The summed E-state index contributed by atoms with van der Waals surface area (Å²) in [5.41, 5.74) is 8.77. The second-order valence-corrected chi connectivity index (χ2v) is 5.33.